The molecule has 0 saturated carbocycles. The van der Waals surface area contributed by atoms with E-state index in [9.17, 15) is 0 Å². The van der Waals surface area contributed by atoms with Crippen molar-refractivity contribution in [2.45, 2.75) is 0 Å². The first-order valence-electron chi connectivity index (χ1n) is 0. The Labute approximate surface area is 116 Å². The average Bonchev–Trinajstić information content (AvgIpc) is 0. The van der Waals surface area contributed by atoms with E-state index in [-0.39, 0.29) is 119 Å². The molecule has 0 heterocycles. The van der Waals surface area contributed by atoms with Crippen LogP contribution in [0.2, 0.25) is 0 Å². The van der Waals surface area contributed by atoms with Crippen molar-refractivity contribution in [3.05, 3.63) is 0 Å². The van der Waals surface area contributed by atoms with Crippen LogP contribution < -0.4 is 0 Å². The van der Waals surface area contributed by atoms with Gasteiger partial charge in [0.1, 0.15) is 0 Å². The maximum atomic E-state index is 0. The predicted molar refractivity (Wildman–Crippen MR) is 27.0 cm³/mol. The molecule has 0 saturated heterocycles. The van der Waals surface area contributed by atoms with Gasteiger partial charge in [0.25, 0.3) is 0 Å². The van der Waals surface area contributed by atoms with Gasteiger partial charge in [-0.2, -0.15) is 0 Å². The molecule has 0 bridgehead atoms. The van der Waals surface area contributed by atoms with Crippen molar-refractivity contribution in [3.63, 3.8) is 0 Å². The molecule has 0 aromatic carbocycles. The number of rotatable bonds is 0. The molecule has 0 aliphatic heterocycles. The molecule has 0 unspecified atom stereocenters. The third kappa shape index (κ3) is 9.33. The zero-order chi connectivity index (χ0) is 0. The third-order valence-electron chi connectivity index (χ3n) is 0. The Morgan fingerprint density at radius 2 is 1.00 bits per heavy atom. The summed E-state index contributed by atoms with van der Waals surface area (Å²) in [5.74, 6) is 0. The fourth-order valence-corrected chi connectivity index (χ4v) is 0. The molecule has 0 aromatic rings. The second kappa shape index (κ2) is 15.8. The van der Waals surface area contributed by atoms with E-state index in [4.69, 9.17) is 0 Å². The van der Waals surface area contributed by atoms with E-state index in [1.54, 1.807) is 0 Å². The Morgan fingerprint density at radius 3 is 1.00 bits per heavy atom. The third-order valence-corrected chi connectivity index (χ3v) is 0. The van der Waals surface area contributed by atoms with Gasteiger partial charge in [0.05, 0.1) is 0 Å². The van der Waals surface area contributed by atoms with Gasteiger partial charge in [-0.3, -0.25) is 0 Å². The van der Waals surface area contributed by atoms with Crippen molar-refractivity contribution in [2.24, 2.45) is 0 Å². The summed E-state index contributed by atoms with van der Waals surface area (Å²) in [5.41, 5.74) is 0. The minimum atomic E-state index is 0. The summed E-state index contributed by atoms with van der Waals surface area (Å²) >= 11 is 0. The Morgan fingerprint density at radius 1 is 1.00 bits per heavy atom. The van der Waals surface area contributed by atoms with Crippen LogP contribution >= 0.6 is 0 Å². The summed E-state index contributed by atoms with van der Waals surface area (Å²) in [6.45, 7) is 0. The van der Waals surface area contributed by atoms with E-state index in [0.29, 0.717) is 0 Å². The molecule has 4 heavy (non-hydrogen) atoms. The summed E-state index contributed by atoms with van der Waals surface area (Å²) in [4.78, 5) is 0. The zero-order valence-electron chi connectivity index (χ0n) is 1.12. The van der Waals surface area contributed by atoms with Crippen LogP contribution in [0.4, 0.5) is 0 Å². The van der Waals surface area contributed by atoms with Crippen LogP contribution in [0.5, 0.6) is 0 Å². The van der Waals surface area contributed by atoms with Crippen molar-refractivity contribution in [3.8, 4) is 0 Å². The fourth-order valence-electron chi connectivity index (χ4n) is 0. The molecule has 0 aromatic heterocycles. The van der Waals surface area contributed by atoms with Crippen LogP contribution in [0, 0.1) is 40.4 Å². The standard InChI is InChI=1S/Al.Ca.Sm.Sn.7H. The molecule has 0 N–H and O–H groups in total. The molecule has 0 aliphatic rings. The van der Waals surface area contributed by atoms with Crippen molar-refractivity contribution in [1.82, 2.24) is 0 Å². The summed E-state index contributed by atoms with van der Waals surface area (Å²) in [6.07, 6.45) is 0. The molecule has 0 nitrogen and oxygen atoms in total. The van der Waals surface area contributed by atoms with Gasteiger partial charge in [-0.1, -0.05) is 0 Å². The van der Waals surface area contributed by atoms with Crippen LogP contribution in [0.3, 0.4) is 0 Å². The van der Waals surface area contributed by atoms with Gasteiger partial charge in [-0.25, -0.2) is 0 Å². The van der Waals surface area contributed by atoms with E-state index in [2.05, 4.69) is 0 Å². The van der Waals surface area contributed by atoms with Crippen LogP contribution in [0.25, 0.3) is 0 Å². The van der Waals surface area contributed by atoms with Crippen LogP contribution in [-0.2, 0) is 0 Å². The Hall–Kier alpha value is 3.93. The molecule has 0 atom stereocenters. The van der Waals surface area contributed by atoms with Gasteiger partial charge in [-0.15, -0.1) is 0 Å². The fraction of sp³-hybridized carbons (Fsp3) is 0. The Balaban J connectivity index is 0. The molecule has 0 spiro atoms. The van der Waals surface area contributed by atoms with Crippen LogP contribution in [0.1, 0.15) is 0 Å². The second-order valence-electron chi connectivity index (χ2n) is 0. The van der Waals surface area contributed by atoms with Crippen LogP contribution in [0.15, 0.2) is 0 Å². The van der Waals surface area contributed by atoms with E-state index in [1.807, 2.05) is 0 Å². The van der Waals surface area contributed by atoms with E-state index >= 15 is 0 Å². The van der Waals surface area contributed by atoms with E-state index < -0.39 is 0 Å². The summed E-state index contributed by atoms with van der Waals surface area (Å²) in [6, 6.07) is 0. The molecule has 22 valence electrons. The predicted octanol–water partition coefficient (Wildman–Crippen LogP) is -3.02. The molecular formula is H7AlCaSmSn. The van der Waals surface area contributed by atoms with Gasteiger partial charge in [0.2, 0.25) is 0 Å². The first-order valence-corrected chi connectivity index (χ1v) is 0. The van der Waals surface area contributed by atoms with Crippen LogP contribution in [-0.4, -0.2) is 79.0 Å². The van der Waals surface area contributed by atoms with Gasteiger partial charge in [0, 0.05) is 40.4 Å². The van der Waals surface area contributed by atoms with E-state index in [0.717, 1.165) is 0 Å². The molecule has 0 fully saturated rings. The molecule has 4 heteroatoms. The van der Waals surface area contributed by atoms with Gasteiger partial charge < -0.3 is 0 Å². The van der Waals surface area contributed by atoms with Crippen molar-refractivity contribution >= 4 is 79.0 Å². The maximum absolute atomic E-state index is 0. The quantitative estimate of drug-likeness (QED) is 0.411. The molecule has 0 amide bonds. The van der Waals surface area contributed by atoms with Gasteiger partial charge >= 0.3 is 61.6 Å². The number of hydrogen-bond acceptors (Lipinski definition) is 0. The second-order valence-corrected chi connectivity index (χ2v) is 0. The Bertz CT molecular complexity index is 8.00. The van der Waals surface area contributed by atoms with Crippen molar-refractivity contribution in [2.75, 3.05) is 0 Å². The molecular weight excluding hydrogens is 336 g/mol. The number of hydrogen-bond donors (Lipinski definition) is 0. The van der Waals surface area contributed by atoms with Gasteiger partial charge in [0.15, 0.2) is 17.4 Å². The van der Waals surface area contributed by atoms with Gasteiger partial charge in [-0.05, 0) is 0 Å². The summed E-state index contributed by atoms with van der Waals surface area (Å²) in [7, 11) is 0. The SMILES string of the molecule is [AlH3].[CaH2].[Sm].[SnH2]. The van der Waals surface area contributed by atoms with Crippen molar-refractivity contribution in [1.29, 1.82) is 0 Å². The first-order chi connectivity index (χ1) is 0. The van der Waals surface area contributed by atoms with E-state index in [1.165, 1.54) is 0 Å². The minimum absolute atomic E-state index is 0. The summed E-state index contributed by atoms with van der Waals surface area (Å²) in [5, 5.41) is 0. The zero-order valence-corrected chi connectivity index (χ0v) is 7.77. The average molecular weight is 343 g/mol. The monoisotopic (exact) mass is 346 g/mol. The topological polar surface area (TPSA) is 0 Å². The Kier molecular flexibility index (Phi) is 97.3. The normalized spacial score (nSPS) is 0. The summed E-state index contributed by atoms with van der Waals surface area (Å²) < 4.78 is 0. The molecule has 0 aliphatic carbocycles. The first kappa shape index (κ1) is 24.7. The van der Waals surface area contributed by atoms with Crippen molar-refractivity contribution < 1.29 is 40.4 Å². The molecule has 0 rings (SSSR count). The molecule has 2 radical (unpaired) electrons.